The first-order chi connectivity index (χ1) is 7.62. The van der Waals surface area contributed by atoms with E-state index in [2.05, 4.69) is 25.8 Å². The molecule has 0 saturated heterocycles. The van der Waals surface area contributed by atoms with Gasteiger partial charge in [-0.05, 0) is 36.0 Å². The fourth-order valence-electron chi connectivity index (χ4n) is 2.31. The minimum atomic E-state index is -0.365. The van der Waals surface area contributed by atoms with Crippen molar-refractivity contribution in [2.45, 2.75) is 58.3 Å². The lowest BCUT2D eigenvalue weighted by atomic mass is 9.75. The molecule has 0 saturated carbocycles. The molecular formula is C14H22FN. The van der Waals surface area contributed by atoms with Gasteiger partial charge >= 0.3 is 0 Å². The molecule has 1 nitrogen and oxygen atoms in total. The first-order valence-electron chi connectivity index (χ1n) is 6.24. The maximum Gasteiger partial charge on any atom is 0.213 e. The van der Waals surface area contributed by atoms with Gasteiger partial charge < -0.3 is 0 Å². The van der Waals surface area contributed by atoms with Crippen molar-refractivity contribution in [3.63, 3.8) is 0 Å². The second-order valence-electron chi connectivity index (χ2n) is 4.78. The van der Waals surface area contributed by atoms with Gasteiger partial charge in [0.25, 0.3) is 0 Å². The van der Waals surface area contributed by atoms with Crippen molar-refractivity contribution in [2.75, 3.05) is 0 Å². The van der Waals surface area contributed by atoms with Crippen LogP contribution in [-0.2, 0) is 5.41 Å². The van der Waals surface area contributed by atoms with Crippen LogP contribution in [0, 0.1) is 5.95 Å². The van der Waals surface area contributed by atoms with E-state index in [1.54, 1.807) is 12.3 Å². The molecule has 0 aliphatic rings. The summed E-state index contributed by atoms with van der Waals surface area (Å²) in [6.07, 6.45) is 7.32. The summed E-state index contributed by atoms with van der Waals surface area (Å²) in [4.78, 5) is 3.63. The van der Waals surface area contributed by atoms with Gasteiger partial charge in [-0.3, -0.25) is 0 Å². The highest BCUT2D eigenvalue weighted by molar-refractivity contribution is 5.22. The lowest BCUT2D eigenvalue weighted by Crippen LogP contribution is -2.22. The van der Waals surface area contributed by atoms with Gasteiger partial charge in [-0.2, -0.15) is 4.39 Å². The van der Waals surface area contributed by atoms with Crippen LogP contribution in [0.15, 0.2) is 18.3 Å². The summed E-state index contributed by atoms with van der Waals surface area (Å²) in [6, 6.07) is 3.54. The van der Waals surface area contributed by atoms with E-state index in [1.807, 2.05) is 6.07 Å². The van der Waals surface area contributed by atoms with Crippen LogP contribution in [0.25, 0.3) is 0 Å². The number of unbranched alkanes of at least 4 members (excludes halogenated alkanes) is 1. The molecule has 0 aliphatic carbocycles. The van der Waals surface area contributed by atoms with Crippen LogP contribution in [0.5, 0.6) is 0 Å². The molecule has 0 fully saturated rings. The first kappa shape index (κ1) is 13.1. The predicted octanol–water partition coefficient (Wildman–Crippen LogP) is 4.47. The Labute approximate surface area is 98.1 Å². The van der Waals surface area contributed by atoms with E-state index in [0.29, 0.717) is 0 Å². The molecule has 0 amide bonds. The highest BCUT2D eigenvalue weighted by Gasteiger charge is 2.25. The van der Waals surface area contributed by atoms with Gasteiger partial charge in [0.2, 0.25) is 5.95 Å². The van der Waals surface area contributed by atoms with Gasteiger partial charge in [-0.1, -0.05) is 40.0 Å². The average molecular weight is 223 g/mol. The number of hydrogen-bond donors (Lipinski definition) is 0. The highest BCUT2D eigenvalue weighted by atomic mass is 19.1. The SMILES string of the molecule is CCCCC(C)(CCC)c1ccnc(F)c1. The van der Waals surface area contributed by atoms with Crippen molar-refractivity contribution in [1.82, 2.24) is 4.98 Å². The van der Waals surface area contributed by atoms with Crippen LogP contribution >= 0.6 is 0 Å². The maximum absolute atomic E-state index is 13.1. The van der Waals surface area contributed by atoms with Crippen LogP contribution in [-0.4, -0.2) is 4.98 Å². The van der Waals surface area contributed by atoms with Crippen LogP contribution in [0.4, 0.5) is 4.39 Å². The van der Waals surface area contributed by atoms with E-state index in [0.717, 1.165) is 24.8 Å². The zero-order chi connectivity index (χ0) is 12.0. The Morgan fingerprint density at radius 3 is 2.56 bits per heavy atom. The summed E-state index contributed by atoms with van der Waals surface area (Å²) in [5, 5.41) is 0. The molecule has 1 aromatic rings. The summed E-state index contributed by atoms with van der Waals surface area (Å²) >= 11 is 0. The molecule has 1 rings (SSSR count). The van der Waals surface area contributed by atoms with Crippen molar-refractivity contribution in [3.05, 3.63) is 29.8 Å². The maximum atomic E-state index is 13.1. The number of nitrogens with zero attached hydrogens (tertiary/aromatic N) is 1. The molecule has 0 bridgehead atoms. The molecule has 90 valence electrons. The number of halogens is 1. The summed E-state index contributed by atoms with van der Waals surface area (Å²) in [6.45, 7) is 6.61. The molecule has 0 radical (unpaired) electrons. The Morgan fingerprint density at radius 2 is 2.00 bits per heavy atom. The minimum absolute atomic E-state index is 0.106. The molecule has 0 spiro atoms. The molecule has 1 aromatic heterocycles. The van der Waals surface area contributed by atoms with E-state index in [4.69, 9.17) is 0 Å². The third kappa shape index (κ3) is 3.29. The molecule has 1 unspecified atom stereocenters. The normalized spacial score (nSPS) is 14.8. The number of rotatable bonds is 6. The topological polar surface area (TPSA) is 12.9 Å². The van der Waals surface area contributed by atoms with E-state index < -0.39 is 0 Å². The summed E-state index contributed by atoms with van der Waals surface area (Å²) in [5.74, 6) is -0.365. The molecule has 16 heavy (non-hydrogen) atoms. The smallest absolute Gasteiger partial charge is 0.213 e. The average Bonchev–Trinajstić information content (AvgIpc) is 2.27. The highest BCUT2D eigenvalue weighted by Crippen LogP contribution is 2.34. The van der Waals surface area contributed by atoms with Crippen LogP contribution in [0.3, 0.4) is 0 Å². The Kier molecular flexibility index (Phi) is 4.91. The van der Waals surface area contributed by atoms with Crippen molar-refractivity contribution in [2.24, 2.45) is 0 Å². The number of hydrogen-bond acceptors (Lipinski definition) is 1. The van der Waals surface area contributed by atoms with Gasteiger partial charge in [0, 0.05) is 6.20 Å². The largest absolute Gasteiger partial charge is 0.228 e. The quantitative estimate of drug-likeness (QED) is 0.648. The van der Waals surface area contributed by atoms with Crippen molar-refractivity contribution in [3.8, 4) is 0 Å². The Hall–Kier alpha value is -0.920. The van der Waals surface area contributed by atoms with Gasteiger partial charge in [-0.15, -0.1) is 0 Å². The lowest BCUT2D eigenvalue weighted by molar-refractivity contribution is 0.380. The molecule has 0 aromatic carbocycles. The minimum Gasteiger partial charge on any atom is -0.228 e. The van der Waals surface area contributed by atoms with Gasteiger partial charge in [-0.25, -0.2) is 4.98 Å². The second kappa shape index (κ2) is 5.97. The molecule has 1 atom stereocenters. The van der Waals surface area contributed by atoms with E-state index >= 15 is 0 Å². The van der Waals surface area contributed by atoms with E-state index in [9.17, 15) is 4.39 Å². The monoisotopic (exact) mass is 223 g/mol. The zero-order valence-corrected chi connectivity index (χ0v) is 10.6. The Morgan fingerprint density at radius 1 is 1.25 bits per heavy atom. The van der Waals surface area contributed by atoms with Crippen molar-refractivity contribution in [1.29, 1.82) is 0 Å². The Balaban J connectivity index is 2.91. The van der Waals surface area contributed by atoms with Gasteiger partial charge in [0.05, 0.1) is 0 Å². The third-order valence-electron chi connectivity index (χ3n) is 3.31. The van der Waals surface area contributed by atoms with Crippen molar-refractivity contribution < 1.29 is 4.39 Å². The fourth-order valence-corrected chi connectivity index (χ4v) is 2.31. The van der Waals surface area contributed by atoms with Gasteiger partial charge in [0.1, 0.15) is 0 Å². The first-order valence-corrected chi connectivity index (χ1v) is 6.24. The van der Waals surface area contributed by atoms with Crippen LogP contribution in [0.1, 0.15) is 58.4 Å². The molecule has 1 heterocycles. The molecule has 0 N–H and O–H groups in total. The van der Waals surface area contributed by atoms with Crippen LogP contribution in [0.2, 0.25) is 0 Å². The lowest BCUT2D eigenvalue weighted by Gasteiger charge is -2.30. The predicted molar refractivity (Wildman–Crippen MR) is 66.0 cm³/mol. The fraction of sp³-hybridized carbons (Fsp3) is 0.643. The zero-order valence-electron chi connectivity index (χ0n) is 10.6. The standard InChI is InChI=1S/C14H22FN/c1-4-6-9-14(3,8-5-2)12-7-10-16-13(15)11-12/h7,10-11H,4-6,8-9H2,1-3H3. The molecule has 2 heteroatoms. The van der Waals surface area contributed by atoms with Crippen LogP contribution < -0.4 is 0 Å². The summed E-state index contributed by atoms with van der Waals surface area (Å²) in [7, 11) is 0. The summed E-state index contributed by atoms with van der Waals surface area (Å²) in [5.41, 5.74) is 1.20. The Bertz CT molecular complexity index is 324. The number of pyridine rings is 1. The molecule has 0 aliphatic heterocycles. The third-order valence-corrected chi connectivity index (χ3v) is 3.31. The van der Waals surface area contributed by atoms with Crippen molar-refractivity contribution >= 4 is 0 Å². The summed E-state index contributed by atoms with van der Waals surface area (Å²) < 4.78 is 13.1. The molecular weight excluding hydrogens is 201 g/mol. The van der Waals surface area contributed by atoms with E-state index in [1.165, 1.54) is 12.8 Å². The van der Waals surface area contributed by atoms with Gasteiger partial charge in [0.15, 0.2) is 0 Å². The second-order valence-corrected chi connectivity index (χ2v) is 4.78. The number of aromatic nitrogens is 1. The van der Waals surface area contributed by atoms with E-state index in [-0.39, 0.29) is 11.4 Å².